The Bertz CT molecular complexity index is 1250. The van der Waals surface area contributed by atoms with E-state index in [4.69, 9.17) is 16.3 Å². The third-order valence-corrected chi connectivity index (χ3v) is 9.81. The van der Waals surface area contributed by atoms with Crippen LogP contribution in [0.4, 0.5) is 5.69 Å². The van der Waals surface area contributed by atoms with Crippen LogP contribution < -0.4 is 5.32 Å². The van der Waals surface area contributed by atoms with Crippen LogP contribution in [0.25, 0.3) is 10.4 Å². The maximum Gasteiger partial charge on any atom is 0.350 e. The van der Waals surface area contributed by atoms with Gasteiger partial charge in [0.2, 0.25) is 5.91 Å². The monoisotopic (exact) mass is 510 g/mol. The Morgan fingerprint density at radius 1 is 1.16 bits per heavy atom. The molecule has 11 heteroatoms. The number of hydrogen-bond donors (Lipinski definition) is 1. The van der Waals surface area contributed by atoms with Crippen molar-refractivity contribution in [2.24, 2.45) is 0 Å². The molecule has 3 aromatic rings. The van der Waals surface area contributed by atoms with Crippen LogP contribution in [-0.4, -0.2) is 44.3 Å². The normalized spacial score (nSPS) is 16.8. The van der Waals surface area contributed by atoms with Crippen LogP contribution in [0.3, 0.4) is 0 Å². The first-order chi connectivity index (χ1) is 15.3. The van der Waals surface area contributed by atoms with Crippen molar-refractivity contribution >= 4 is 61.9 Å². The smallest absolute Gasteiger partial charge is 0.350 e. The SMILES string of the molecule is COC(=O)c1sc(-c2ccccc2)cc1NC(=O)C1CCCN1S(=O)(=O)c1ccc(Cl)s1. The summed E-state index contributed by atoms with van der Waals surface area (Å²) < 4.78 is 32.6. The molecule has 168 valence electrons. The Kier molecular flexibility index (Phi) is 6.68. The summed E-state index contributed by atoms with van der Waals surface area (Å²) in [6.45, 7) is 0.235. The Morgan fingerprint density at radius 2 is 1.91 bits per heavy atom. The number of hydrogen-bond acceptors (Lipinski definition) is 7. The average molecular weight is 511 g/mol. The second kappa shape index (κ2) is 9.32. The Morgan fingerprint density at radius 3 is 2.56 bits per heavy atom. The number of ether oxygens (including phenoxy) is 1. The second-order valence-electron chi connectivity index (χ2n) is 7.03. The summed E-state index contributed by atoms with van der Waals surface area (Å²) in [5.41, 5.74) is 1.19. The highest BCUT2D eigenvalue weighted by molar-refractivity contribution is 7.91. The average Bonchev–Trinajstić information content (AvgIpc) is 3.53. The number of nitrogens with one attached hydrogen (secondary N) is 1. The van der Waals surface area contributed by atoms with Gasteiger partial charge in [-0.25, -0.2) is 13.2 Å². The number of rotatable bonds is 6. The summed E-state index contributed by atoms with van der Waals surface area (Å²) >= 11 is 8.06. The molecule has 0 spiro atoms. The first kappa shape index (κ1) is 22.9. The van der Waals surface area contributed by atoms with Crippen molar-refractivity contribution in [3.05, 3.63) is 57.7 Å². The fourth-order valence-corrected chi connectivity index (χ4v) is 7.84. The number of benzene rings is 1. The Balaban J connectivity index is 1.62. The molecule has 32 heavy (non-hydrogen) atoms. The van der Waals surface area contributed by atoms with Gasteiger partial charge in [0.1, 0.15) is 15.1 Å². The molecule has 1 aliphatic heterocycles. The summed E-state index contributed by atoms with van der Waals surface area (Å²) in [4.78, 5) is 26.5. The van der Waals surface area contributed by atoms with Crippen molar-refractivity contribution in [1.82, 2.24) is 4.31 Å². The summed E-state index contributed by atoms with van der Waals surface area (Å²) in [6.07, 6.45) is 0.937. The van der Waals surface area contributed by atoms with Gasteiger partial charge in [0, 0.05) is 11.4 Å². The summed E-state index contributed by atoms with van der Waals surface area (Å²) in [6, 6.07) is 13.2. The van der Waals surface area contributed by atoms with E-state index < -0.39 is 27.9 Å². The largest absolute Gasteiger partial charge is 0.465 e. The molecule has 1 atom stereocenters. The van der Waals surface area contributed by atoms with Crippen LogP contribution in [-0.2, 0) is 19.6 Å². The summed E-state index contributed by atoms with van der Waals surface area (Å²) in [7, 11) is -2.58. The molecular weight excluding hydrogens is 492 g/mol. The van der Waals surface area contributed by atoms with Gasteiger partial charge in [-0.05, 0) is 36.6 Å². The molecule has 2 aromatic heterocycles. The third-order valence-electron chi connectivity index (χ3n) is 5.04. The van der Waals surface area contributed by atoms with Gasteiger partial charge < -0.3 is 10.1 Å². The number of amides is 1. The molecule has 4 rings (SSSR count). The van der Waals surface area contributed by atoms with Crippen LogP contribution in [0.5, 0.6) is 0 Å². The van der Waals surface area contributed by atoms with Gasteiger partial charge in [0.15, 0.2) is 0 Å². The molecule has 1 N–H and O–H groups in total. The van der Waals surface area contributed by atoms with Crippen molar-refractivity contribution in [1.29, 1.82) is 0 Å². The number of methoxy groups -OCH3 is 1. The van der Waals surface area contributed by atoms with E-state index in [0.717, 1.165) is 21.8 Å². The fourth-order valence-electron chi connectivity index (χ4n) is 3.53. The molecule has 1 aromatic carbocycles. The molecule has 7 nitrogen and oxygen atoms in total. The molecular formula is C21H19ClN2O5S3. The van der Waals surface area contributed by atoms with E-state index in [-0.39, 0.29) is 15.6 Å². The van der Waals surface area contributed by atoms with Gasteiger partial charge in [-0.15, -0.1) is 22.7 Å². The highest BCUT2D eigenvalue weighted by Gasteiger charge is 2.40. The van der Waals surface area contributed by atoms with Crippen LogP contribution >= 0.6 is 34.3 Å². The van der Waals surface area contributed by atoms with Crippen molar-refractivity contribution in [2.75, 3.05) is 19.0 Å². The van der Waals surface area contributed by atoms with E-state index in [1.807, 2.05) is 30.3 Å². The number of nitrogens with zero attached hydrogens (tertiary/aromatic N) is 1. The molecule has 3 heterocycles. The van der Waals surface area contributed by atoms with Crippen LogP contribution in [0.2, 0.25) is 4.34 Å². The van der Waals surface area contributed by atoms with Crippen molar-refractivity contribution in [3.8, 4) is 10.4 Å². The quantitative estimate of drug-likeness (QED) is 0.485. The van der Waals surface area contributed by atoms with E-state index >= 15 is 0 Å². The van der Waals surface area contributed by atoms with Crippen molar-refractivity contribution < 1.29 is 22.7 Å². The lowest BCUT2D eigenvalue weighted by Gasteiger charge is -2.22. The number of halogens is 1. The van der Waals surface area contributed by atoms with Gasteiger partial charge in [0.25, 0.3) is 10.0 Å². The summed E-state index contributed by atoms with van der Waals surface area (Å²) in [5.74, 6) is -1.06. The molecule has 1 saturated heterocycles. The first-order valence-electron chi connectivity index (χ1n) is 9.67. The fraction of sp³-hybridized carbons (Fsp3) is 0.238. The van der Waals surface area contributed by atoms with Gasteiger partial charge >= 0.3 is 5.97 Å². The molecule has 1 fully saturated rings. The predicted molar refractivity (Wildman–Crippen MR) is 126 cm³/mol. The molecule has 1 amide bonds. The maximum atomic E-state index is 13.1. The summed E-state index contributed by atoms with van der Waals surface area (Å²) in [5, 5.41) is 2.76. The maximum absolute atomic E-state index is 13.1. The lowest BCUT2D eigenvalue weighted by molar-refractivity contribution is -0.119. The van der Waals surface area contributed by atoms with Crippen molar-refractivity contribution in [3.63, 3.8) is 0 Å². The van der Waals surface area contributed by atoms with Crippen LogP contribution in [0, 0.1) is 0 Å². The van der Waals surface area contributed by atoms with E-state index in [1.165, 1.54) is 34.9 Å². The van der Waals surface area contributed by atoms with Gasteiger partial charge in [-0.2, -0.15) is 4.31 Å². The van der Waals surface area contributed by atoms with E-state index in [2.05, 4.69) is 5.32 Å². The van der Waals surface area contributed by atoms with Crippen LogP contribution in [0.15, 0.2) is 52.7 Å². The number of esters is 1. The standard InChI is InChI=1S/C21H19ClN2O5S3/c1-29-21(26)19-14(12-16(30-19)13-6-3-2-4-7-13)23-20(25)15-8-5-11-24(15)32(27,28)18-10-9-17(22)31-18/h2-4,6-7,9-10,12,15H,5,8,11H2,1H3,(H,23,25). The van der Waals surface area contributed by atoms with E-state index in [1.54, 1.807) is 6.07 Å². The zero-order valence-electron chi connectivity index (χ0n) is 16.9. The third kappa shape index (κ3) is 4.46. The zero-order chi connectivity index (χ0) is 22.9. The molecule has 1 aliphatic rings. The minimum Gasteiger partial charge on any atom is -0.465 e. The number of thiophene rings is 2. The molecule has 0 saturated carbocycles. The first-order valence-corrected chi connectivity index (χ1v) is 13.1. The minimum atomic E-state index is -3.86. The van der Waals surface area contributed by atoms with E-state index in [0.29, 0.717) is 22.9 Å². The highest BCUT2D eigenvalue weighted by atomic mass is 35.5. The van der Waals surface area contributed by atoms with Crippen LogP contribution in [0.1, 0.15) is 22.5 Å². The topological polar surface area (TPSA) is 92.8 Å². The number of carbonyl (C=O) groups is 2. The Labute approximate surface area is 198 Å². The Hall–Kier alpha value is -2.24. The number of sulfonamides is 1. The highest BCUT2D eigenvalue weighted by Crippen LogP contribution is 2.37. The van der Waals surface area contributed by atoms with Gasteiger partial charge in [-0.1, -0.05) is 41.9 Å². The molecule has 1 unspecified atom stereocenters. The lowest BCUT2D eigenvalue weighted by Crippen LogP contribution is -2.42. The number of anilines is 1. The molecule has 0 aliphatic carbocycles. The molecule has 0 radical (unpaired) electrons. The number of carbonyl (C=O) groups excluding carboxylic acids is 2. The van der Waals surface area contributed by atoms with Gasteiger partial charge in [-0.3, -0.25) is 4.79 Å². The lowest BCUT2D eigenvalue weighted by atomic mass is 10.2. The predicted octanol–water partition coefficient (Wildman–Crippen LogP) is 4.71. The second-order valence-corrected chi connectivity index (χ2v) is 11.9. The minimum absolute atomic E-state index is 0.0966. The zero-order valence-corrected chi connectivity index (χ0v) is 20.1. The van der Waals surface area contributed by atoms with Crippen molar-refractivity contribution in [2.45, 2.75) is 23.1 Å². The molecule has 0 bridgehead atoms. The van der Waals surface area contributed by atoms with Gasteiger partial charge in [0.05, 0.1) is 17.1 Å². The van der Waals surface area contributed by atoms with E-state index in [9.17, 15) is 18.0 Å².